The lowest BCUT2D eigenvalue weighted by Crippen LogP contribution is -2.52. The van der Waals surface area contributed by atoms with Gasteiger partial charge in [0.15, 0.2) is 5.11 Å². The third-order valence-corrected chi connectivity index (χ3v) is 4.43. The molecule has 134 valence electrons. The third kappa shape index (κ3) is 4.86. The first-order chi connectivity index (χ1) is 12.6. The third-order valence-electron chi connectivity index (χ3n) is 4.07. The van der Waals surface area contributed by atoms with Crippen LogP contribution in [0.1, 0.15) is 5.56 Å². The first kappa shape index (κ1) is 18.0. The van der Waals surface area contributed by atoms with E-state index >= 15 is 0 Å². The molecule has 1 aliphatic rings. The second-order valence-corrected chi connectivity index (χ2v) is 6.23. The maximum atomic E-state index is 12.9. The van der Waals surface area contributed by atoms with Gasteiger partial charge in [-0.1, -0.05) is 18.2 Å². The predicted molar refractivity (Wildman–Crippen MR) is 104 cm³/mol. The van der Waals surface area contributed by atoms with Gasteiger partial charge < -0.3 is 9.80 Å². The highest BCUT2D eigenvalue weighted by molar-refractivity contribution is 7.80. The number of benzene rings is 1. The molecule has 0 saturated carbocycles. The number of rotatable bonds is 3. The average Bonchev–Trinajstić information content (AvgIpc) is 2.68. The van der Waals surface area contributed by atoms with Gasteiger partial charge in [0, 0.05) is 38.5 Å². The summed E-state index contributed by atoms with van der Waals surface area (Å²) in [5, 5.41) is 3.13. The zero-order valence-electron chi connectivity index (χ0n) is 14.1. The number of carbonyl (C=O) groups is 1. The van der Waals surface area contributed by atoms with Crippen molar-refractivity contribution < 1.29 is 9.18 Å². The van der Waals surface area contributed by atoms with Crippen LogP contribution in [0.4, 0.5) is 10.2 Å². The lowest BCUT2D eigenvalue weighted by Gasteiger charge is -2.36. The van der Waals surface area contributed by atoms with E-state index in [9.17, 15) is 9.18 Å². The van der Waals surface area contributed by atoms with Crippen LogP contribution >= 0.6 is 12.2 Å². The lowest BCUT2D eigenvalue weighted by atomic mass is 10.2. The fourth-order valence-electron chi connectivity index (χ4n) is 2.65. The van der Waals surface area contributed by atoms with Gasteiger partial charge in [-0.25, -0.2) is 9.37 Å². The summed E-state index contributed by atoms with van der Waals surface area (Å²) in [6.45, 7) is 3.02. The molecule has 0 aliphatic carbocycles. The van der Waals surface area contributed by atoms with E-state index in [1.165, 1.54) is 18.2 Å². The fourth-order valence-corrected chi connectivity index (χ4v) is 2.93. The van der Waals surface area contributed by atoms with Gasteiger partial charge in [-0.3, -0.25) is 10.1 Å². The summed E-state index contributed by atoms with van der Waals surface area (Å²) in [6.07, 6.45) is 4.79. The number of nitrogens with one attached hydrogen (secondary N) is 1. The normalized spacial score (nSPS) is 14.5. The molecule has 1 aliphatic heterocycles. The maximum Gasteiger partial charge on any atom is 0.250 e. The molecule has 3 rings (SSSR count). The molecule has 2 heterocycles. The second-order valence-electron chi connectivity index (χ2n) is 5.84. The smallest absolute Gasteiger partial charge is 0.250 e. The molecule has 2 aromatic rings. The van der Waals surface area contributed by atoms with Crippen LogP contribution < -0.4 is 10.2 Å². The number of hydrogen-bond acceptors (Lipinski definition) is 4. The van der Waals surface area contributed by atoms with Crippen molar-refractivity contribution in [3.8, 4) is 0 Å². The number of anilines is 1. The van der Waals surface area contributed by atoms with E-state index in [4.69, 9.17) is 12.2 Å². The highest BCUT2D eigenvalue weighted by Crippen LogP contribution is 2.12. The number of pyridine rings is 1. The van der Waals surface area contributed by atoms with Gasteiger partial charge in [-0.15, -0.1) is 0 Å². The van der Waals surface area contributed by atoms with Gasteiger partial charge in [0.05, 0.1) is 0 Å². The molecule has 0 spiro atoms. The molecule has 1 amide bonds. The summed E-state index contributed by atoms with van der Waals surface area (Å²) >= 11 is 5.33. The SMILES string of the molecule is O=C(/C=C/c1ccc(F)cc1)NC(=S)N1CCN(c2ccccn2)CC1. The molecule has 7 heteroatoms. The molecule has 0 bridgehead atoms. The minimum Gasteiger partial charge on any atom is -0.353 e. The van der Waals surface area contributed by atoms with Crippen molar-refractivity contribution in [2.24, 2.45) is 0 Å². The molecule has 0 unspecified atom stereocenters. The Hall–Kier alpha value is -2.80. The van der Waals surface area contributed by atoms with Crippen molar-refractivity contribution >= 4 is 35.1 Å². The molecular formula is C19H19FN4OS. The number of halogens is 1. The van der Waals surface area contributed by atoms with E-state index < -0.39 is 0 Å². The van der Waals surface area contributed by atoms with Gasteiger partial charge in [0.1, 0.15) is 11.6 Å². The molecule has 0 radical (unpaired) electrons. The Bertz CT molecular complexity index is 787. The molecule has 1 saturated heterocycles. The quantitative estimate of drug-likeness (QED) is 0.664. The van der Waals surface area contributed by atoms with Crippen molar-refractivity contribution in [3.05, 3.63) is 66.1 Å². The fraction of sp³-hybridized carbons (Fsp3) is 0.211. The second kappa shape index (κ2) is 8.53. The summed E-state index contributed by atoms with van der Waals surface area (Å²) in [5.74, 6) is 0.341. The Balaban J connectivity index is 1.48. The van der Waals surface area contributed by atoms with Crippen LogP contribution in [0.2, 0.25) is 0 Å². The topological polar surface area (TPSA) is 48.5 Å². The van der Waals surface area contributed by atoms with Gasteiger partial charge >= 0.3 is 0 Å². The van der Waals surface area contributed by atoms with Crippen LogP contribution in [0.25, 0.3) is 6.08 Å². The highest BCUT2D eigenvalue weighted by Gasteiger charge is 2.20. The summed E-state index contributed by atoms with van der Waals surface area (Å²) < 4.78 is 12.9. The Morgan fingerprint density at radius 2 is 1.85 bits per heavy atom. The zero-order valence-corrected chi connectivity index (χ0v) is 15.0. The number of piperazine rings is 1. The van der Waals surface area contributed by atoms with Gasteiger partial charge in [-0.05, 0) is 48.1 Å². The molecule has 1 aromatic carbocycles. The van der Waals surface area contributed by atoms with Crippen LogP contribution in [0.3, 0.4) is 0 Å². The molecule has 1 aromatic heterocycles. The Morgan fingerprint density at radius 3 is 2.50 bits per heavy atom. The molecule has 5 nitrogen and oxygen atoms in total. The first-order valence-electron chi connectivity index (χ1n) is 8.31. The number of hydrogen-bond donors (Lipinski definition) is 1. The summed E-state index contributed by atoms with van der Waals surface area (Å²) in [4.78, 5) is 20.5. The number of aromatic nitrogens is 1. The lowest BCUT2D eigenvalue weighted by molar-refractivity contribution is -0.115. The average molecular weight is 370 g/mol. The molecule has 1 fully saturated rings. The van der Waals surface area contributed by atoms with Crippen molar-refractivity contribution in [3.63, 3.8) is 0 Å². The number of thiocarbonyl (C=S) groups is 1. The standard InChI is InChI=1S/C19H19FN4OS/c20-16-7-4-15(5-8-16)6-9-18(25)22-19(26)24-13-11-23(12-14-24)17-3-1-2-10-21-17/h1-10H,11-14H2,(H,22,25,26)/b9-6+. The van der Waals surface area contributed by atoms with Crippen molar-refractivity contribution in [1.29, 1.82) is 0 Å². The predicted octanol–water partition coefficient (Wildman–Crippen LogP) is 2.46. The highest BCUT2D eigenvalue weighted by atomic mass is 32.1. The van der Waals surface area contributed by atoms with Crippen LogP contribution in [-0.4, -0.2) is 47.1 Å². The van der Waals surface area contributed by atoms with Gasteiger partial charge in [-0.2, -0.15) is 0 Å². The minimum atomic E-state index is -0.308. The van der Waals surface area contributed by atoms with Crippen LogP contribution in [0.15, 0.2) is 54.7 Å². The van der Waals surface area contributed by atoms with Crippen LogP contribution in [0.5, 0.6) is 0 Å². The van der Waals surface area contributed by atoms with E-state index in [0.29, 0.717) is 5.11 Å². The maximum absolute atomic E-state index is 12.9. The Kier molecular flexibility index (Phi) is 5.91. The van der Waals surface area contributed by atoms with E-state index in [2.05, 4.69) is 15.2 Å². The summed E-state index contributed by atoms with van der Waals surface area (Å²) in [5.41, 5.74) is 0.747. The van der Waals surface area contributed by atoms with Crippen LogP contribution in [0, 0.1) is 5.82 Å². The molecule has 0 atom stereocenters. The summed E-state index contributed by atoms with van der Waals surface area (Å²) in [6, 6.07) is 11.8. The van der Waals surface area contributed by atoms with Crippen LogP contribution in [-0.2, 0) is 4.79 Å². The Labute approximate surface area is 157 Å². The first-order valence-corrected chi connectivity index (χ1v) is 8.72. The monoisotopic (exact) mass is 370 g/mol. The molecule has 1 N–H and O–H groups in total. The zero-order chi connectivity index (χ0) is 18.4. The number of carbonyl (C=O) groups excluding carboxylic acids is 1. The summed E-state index contributed by atoms with van der Waals surface area (Å²) in [7, 11) is 0. The van der Waals surface area contributed by atoms with Crippen molar-refractivity contribution in [2.75, 3.05) is 31.1 Å². The van der Waals surface area contributed by atoms with Gasteiger partial charge in [0.2, 0.25) is 5.91 Å². The van der Waals surface area contributed by atoms with E-state index in [1.54, 1.807) is 24.4 Å². The van der Waals surface area contributed by atoms with Crippen molar-refractivity contribution in [2.45, 2.75) is 0 Å². The number of amides is 1. The van der Waals surface area contributed by atoms with E-state index in [1.807, 2.05) is 23.1 Å². The number of nitrogens with zero attached hydrogens (tertiary/aromatic N) is 3. The minimum absolute atomic E-state index is 0.300. The van der Waals surface area contributed by atoms with Crippen molar-refractivity contribution in [1.82, 2.24) is 15.2 Å². The Morgan fingerprint density at radius 1 is 1.12 bits per heavy atom. The molecule has 26 heavy (non-hydrogen) atoms. The van der Waals surface area contributed by atoms with E-state index in [-0.39, 0.29) is 11.7 Å². The van der Waals surface area contributed by atoms with E-state index in [0.717, 1.165) is 37.6 Å². The molecular weight excluding hydrogens is 351 g/mol. The van der Waals surface area contributed by atoms with Gasteiger partial charge in [0.25, 0.3) is 0 Å². The largest absolute Gasteiger partial charge is 0.353 e.